The SMILES string of the molecule is NNC1CCCC(N)C1. The lowest BCUT2D eigenvalue weighted by molar-refractivity contribution is 0.343. The van der Waals surface area contributed by atoms with E-state index in [1.54, 1.807) is 0 Å². The molecule has 0 aliphatic heterocycles. The van der Waals surface area contributed by atoms with Crippen molar-refractivity contribution in [2.75, 3.05) is 0 Å². The van der Waals surface area contributed by atoms with Gasteiger partial charge in [0.1, 0.15) is 0 Å². The summed E-state index contributed by atoms with van der Waals surface area (Å²) in [7, 11) is 0. The third-order valence-electron chi connectivity index (χ3n) is 1.95. The van der Waals surface area contributed by atoms with E-state index in [2.05, 4.69) is 5.43 Å². The molecule has 0 heterocycles. The molecule has 5 N–H and O–H groups in total. The molecular formula is C6H15N3. The van der Waals surface area contributed by atoms with Gasteiger partial charge in [-0.2, -0.15) is 0 Å². The second kappa shape index (κ2) is 3.15. The summed E-state index contributed by atoms with van der Waals surface area (Å²) in [5.74, 6) is 5.26. The van der Waals surface area contributed by atoms with Crippen LogP contribution >= 0.6 is 0 Å². The molecule has 0 aromatic carbocycles. The maximum Gasteiger partial charge on any atom is 0.0225 e. The van der Waals surface area contributed by atoms with Gasteiger partial charge >= 0.3 is 0 Å². The van der Waals surface area contributed by atoms with Crippen molar-refractivity contribution in [2.24, 2.45) is 11.6 Å². The van der Waals surface area contributed by atoms with Crippen molar-refractivity contribution in [3.05, 3.63) is 0 Å². The van der Waals surface area contributed by atoms with Crippen LogP contribution in [0.3, 0.4) is 0 Å². The average Bonchev–Trinajstić information content (AvgIpc) is 1.88. The van der Waals surface area contributed by atoms with E-state index in [1.165, 1.54) is 12.8 Å². The Morgan fingerprint density at radius 1 is 1.33 bits per heavy atom. The quantitative estimate of drug-likeness (QED) is 0.337. The standard InChI is InChI=1S/C6H15N3/c7-5-2-1-3-6(4-5)9-8/h5-6,9H,1-4,7-8H2. The van der Waals surface area contributed by atoms with Gasteiger partial charge in [0.15, 0.2) is 0 Å². The maximum absolute atomic E-state index is 5.71. The van der Waals surface area contributed by atoms with Crippen LogP contribution in [0.25, 0.3) is 0 Å². The van der Waals surface area contributed by atoms with Gasteiger partial charge in [0, 0.05) is 12.1 Å². The van der Waals surface area contributed by atoms with Crippen LogP contribution in [0.2, 0.25) is 0 Å². The molecule has 1 saturated carbocycles. The first-order valence-corrected chi connectivity index (χ1v) is 3.54. The monoisotopic (exact) mass is 129 g/mol. The van der Waals surface area contributed by atoms with Crippen LogP contribution in [0.5, 0.6) is 0 Å². The van der Waals surface area contributed by atoms with Crippen LogP contribution in [0, 0.1) is 0 Å². The van der Waals surface area contributed by atoms with Crippen molar-refractivity contribution in [2.45, 2.75) is 37.8 Å². The first-order valence-electron chi connectivity index (χ1n) is 3.54. The third kappa shape index (κ3) is 1.93. The lowest BCUT2D eigenvalue weighted by Crippen LogP contribution is -2.42. The average molecular weight is 129 g/mol. The van der Waals surface area contributed by atoms with Gasteiger partial charge in [0.2, 0.25) is 0 Å². The molecule has 2 atom stereocenters. The molecule has 3 nitrogen and oxygen atoms in total. The van der Waals surface area contributed by atoms with E-state index in [-0.39, 0.29) is 0 Å². The molecule has 0 saturated heterocycles. The number of nitrogens with one attached hydrogen (secondary N) is 1. The fourth-order valence-corrected chi connectivity index (χ4v) is 1.38. The zero-order valence-corrected chi connectivity index (χ0v) is 5.64. The van der Waals surface area contributed by atoms with Gasteiger partial charge in [0.25, 0.3) is 0 Å². The predicted molar refractivity (Wildman–Crippen MR) is 37.6 cm³/mol. The van der Waals surface area contributed by atoms with Crippen LogP contribution in [-0.2, 0) is 0 Å². The van der Waals surface area contributed by atoms with Crippen molar-refractivity contribution in [3.63, 3.8) is 0 Å². The number of hydrogen-bond acceptors (Lipinski definition) is 3. The highest BCUT2D eigenvalue weighted by atomic mass is 15.2. The van der Waals surface area contributed by atoms with E-state index in [0.29, 0.717) is 12.1 Å². The molecule has 1 aliphatic carbocycles. The van der Waals surface area contributed by atoms with E-state index in [0.717, 1.165) is 12.8 Å². The smallest absolute Gasteiger partial charge is 0.0225 e. The second-order valence-electron chi connectivity index (χ2n) is 2.79. The molecule has 1 aliphatic rings. The van der Waals surface area contributed by atoms with E-state index in [9.17, 15) is 0 Å². The summed E-state index contributed by atoms with van der Waals surface area (Å²) in [4.78, 5) is 0. The minimum absolute atomic E-state index is 0.375. The molecule has 0 spiro atoms. The lowest BCUT2D eigenvalue weighted by atomic mass is 9.92. The zero-order valence-electron chi connectivity index (χ0n) is 5.64. The maximum atomic E-state index is 5.71. The Balaban J connectivity index is 2.23. The zero-order chi connectivity index (χ0) is 6.69. The molecule has 0 aromatic heterocycles. The normalized spacial score (nSPS) is 36.7. The Morgan fingerprint density at radius 2 is 2.11 bits per heavy atom. The van der Waals surface area contributed by atoms with Crippen LogP contribution in [0.15, 0.2) is 0 Å². The molecule has 0 bridgehead atoms. The first-order chi connectivity index (χ1) is 4.33. The van der Waals surface area contributed by atoms with Crippen molar-refractivity contribution in [1.29, 1.82) is 0 Å². The van der Waals surface area contributed by atoms with Gasteiger partial charge in [-0.15, -0.1) is 0 Å². The van der Waals surface area contributed by atoms with Crippen molar-refractivity contribution in [3.8, 4) is 0 Å². The first kappa shape index (κ1) is 6.99. The Hall–Kier alpha value is -0.120. The molecular weight excluding hydrogens is 114 g/mol. The van der Waals surface area contributed by atoms with Crippen molar-refractivity contribution in [1.82, 2.24) is 5.43 Å². The van der Waals surface area contributed by atoms with Gasteiger partial charge in [-0.25, -0.2) is 0 Å². The number of hydrazine groups is 1. The highest BCUT2D eigenvalue weighted by molar-refractivity contribution is 4.77. The molecule has 0 radical (unpaired) electrons. The van der Waals surface area contributed by atoms with Gasteiger partial charge in [-0.05, 0) is 19.3 Å². The predicted octanol–water partition coefficient (Wildman–Crippen LogP) is -0.280. The second-order valence-corrected chi connectivity index (χ2v) is 2.79. The van der Waals surface area contributed by atoms with E-state index in [4.69, 9.17) is 11.6 Å². The molecule has 0 amide bonds. The van der Waals surface area contributed by atoms with Crippen molar-refractivity contribution < 1.29 is 0 Å². The number of nitrogens with two attached hydrogens (primary N) is 2. The van der Waals surface area contributed by atoms with E-state index < -0.39 is 0 Å². The Morgan fingerprint density at radius 3 is 2.56 bits per heavy atom. The molecule has 2 unspecified atom stereocenters. The largest absolute Gasteiger partial charge is 0.328 e. The summed E-state index contributed by atoms with van der Waals surface area (Å²) in [6.07, 6.45) is 4.61. The Kier molecular flexibility index (Phi) is 2.45. The summed E-state index contributed by atoms with van der Waals surface area (Å²) in [6.45, 7) is 0. The third-order valence-corrected chi connectivity index (χ3v) is 1.95. The van der Waals surface area contributed by atoms with Gasteiger partial charge in [-0.1, -0.05) is 6.42 Å². The Bertz CT molecular complexity index is 84.4. The summed E-state index contributed by atoms with van der Waals surface area (Å²) in [5.41, 5.74) is 8.46. The highest BCUT2D eigenvalue weighted by Crippen LogP contribution is 2.15. The minimum atomic E-state index is 0.375. The lowest BCUT2D eigenvalue weighted by Gasteiger charge is -2.25. The van der Waals surface area contributed by atoms with Gasteiger partial charge < -0.3 is 5.73 Å². The minimum Gasteiger partial charge on any atom is -0.328 e. The van der Waals surface area contributed by atoms with Gasteiger partial charge in [-0.3, -0.25) is 11.3 Å². The van der Waals surface area contributed by atoms with E-state index >= 15 is 0 Å². The topological polar surface area (TPSA) is 64.1 Å². The molecule has 1 fully saturated rings. The molecule has 54 valence electrons. The van der Waals surface area contributed by atoms with Crippen molar-refractivity contribution >= 4 is 0 Å². The van der Waals surface area contributed by atoms with E-state index in [1.807, 2.05) is 0 Å². The molecule has 0 aromatic rings. The van der Waals surface area contributed by atoms with Crippen LogP contribution in [0.4, 0.5) is 0 Å². The summed E-state index contributed by atoms with van der Waals surface area (Å²) in [5, 5.41) is 0. The highest BCUT2D eigenvalue weighted by Gasteiger charge is 2.16. The number of hydrogen-bond donors (Lipinski definition) is 3. The fraction of sp³-hybridized carbons (Fsp3) is 1.00. The Labute approximate surface area is 55.8 Å². The van der Waals surface area contributed by atoms with Crippen LogP contribution < -0.4 is 17.0 Å². The summed E-state index contributed by atoms with van der Waals surface area (Å²) < 4.78 is 0. The molecule has 3 heteroatoms. The van der Waals surface area contributed by atoms with Crippen LogP contribution in [0.1, 0.15) is 25.7 Å². The molecule has 9 heavy (non-hydrogen) atoms. The fourth-order valence-electron chi connectivity index (χ4n) is 1.38. The summed E-state index contributed by atoms with van der Waals surface area (Å²) >= 11 is 0. The molecule has 1 rings (SSSR count). The number of rotatable bonds is 1. The summed E-state index contributed by atoms with van der Waals surface area (Å²) in [6, 6.07) is 0.841. The van der Waals surface area contributed by atoms with Crippen LogP contribution in [-0.4, -0.2) is 12.1 Å². The van der Waals surface area contributed by atoms with Gasteiger partial charge in [0.05, 0.1) is 0 Å².